The van der Waals surface area contributed by atoms with Gasteiger partial charge in [-0.2, -0.15) is 0 Å². The molecule has 4 nitrogen and oxygen atoms in total. The second-order valence-corrected chi connectivity index (χ2v) is 6.04. The lowest BCUT2D eigenvalue weighted by molar-refractivity contribution is -0.141. The second kappa shape index (κ2) is 4.19. The fourth-order valence-electron chi connectivity index (χ4n) is 3.48. The minimum Gasteiger partial charge on any atom is -0.396 e. The van der Waals surface area contributed by atoms with Crippen LogP contribution in [0, 0.1) is 5.41 Å². The molecule has 2 saturated heterocycles. The van der Waals surface area contributed by atoms with Gasteiger partial charge in [0.2, 0.25) is 0 Å². The Kier molecular flexibility index (Phi) is 2.94. The summed E-state index contributed by atoms with van der Waals surface area (Å²) in [6.45, 7) is 3.19. The third-order valence-corrected chi connectivity index (χ3v) is 5.08. The van der Waals surface area contributed by atoms with E-state index < -0.39 is 11.0 Å². The molecule has 4 heteroatoms. The molecule has 3 aliphatic rings. The van der Waals surface area contributed by atoms with E-state index in [-0.39, 0.29) is 6.61 Å². The van der Waals surface area contributed by atoms with Crippen LogP contribution < -0.4 is 0 Å². The maximum Gasteiger partial charge on any atom is 0.0773 e. The van der Waals surface area contributed by atoms with Crippen molar-refractivity contribution < 1.29 is 14.9 Å². The average Bonchev–Trinajstić information content (AvgIpc) is 3.07. The van der Waals surface area contributed by atoms with Crippen molar-refractivity contribution in [3.05, 3.63) is 0 Å². The average molecular weight is 241 g/mol. The highest BCUT2D eigenvalue weighted by atomic mass is 16.5. The predicted molar refractivity (Wildman–Crippen MR) is 63.7 cm³/mol. The molecule has 3 rings (SSSR count). The molecule has 0 spiro atoms. The summed E-state index contributed by atoms with van der Waals surface area (Å²) in [6.07, 6.45) is 5.02. The third kappa shape index (κ3) is 1.91. The quantitative estimate of drug-likeness (QED) is 0.750. The number of ether oxygens (including phenoxy) is 1. The molecule has 1 unspecified atom stereocenters. The standard InChI is InChI=1S/C13H23NO3/c15-9-12(5-8-17-10-12)13(16)3-6-14(7-4-13)11-1-2-11/h11,15-16H,1-10H2. The highest BCUT2D eigenvalue weighted by Gasteiger charge is 2.53. The van der Waals surface area contributed by atoms with Gasteiger partial charge in [0.25, 0.3) is 0 Å². The summed E-state index contributed by atoms with van der Waals surface area (Å²) in [6, 6.07) is 0.782. The molecule has 1 saturated carbocycles. The van der Waals surface area contributed by atoms with Gasteiger partial charge < -0.3 is 19.8 Å². The summed E-state index contributed by atoms with van der Waals surface area (Å²) in [5.41, 5.74) is -1.12. The number of hydrogen-bond donors (Lipinski definition) is 2. The van der Waals surface area contributed by atoms with Crippen LogP contribution in [-0.4, -0.2) is 59.7 Å². The van der Waals surface area contributed by atoms with E-state index in [1.165, 1.54) is 12.8 Å². The zero-order valence-electron chi connectivity index (χ0n) is 10.4. The summed E-state index contributed by atoms with van der Waals surface area (Å²) in [7, 11) is 0. The monoisotopic (exact) mass is 241 g/mol. The van der Waals surface area contributed by atoms with Gasteiger partial charge in [0.1, 0.15) is 0 Å². The second-order valence-electron chi connectivity index (χ2n) is 6.04. The zero-order chi connectivity index (χ0) is 11.9. The van der Waals surface area contributed by atoms with Crippen LogP contribution in [0.2, 0.25) is 0 Å². The van der Waals surface area contributed by atoms with Crippen molar-refractivity contribution in [1.29, 1.82) is 0 Å². The molecule has 1 atom stereocenters. The van der Waals surface area contributed by atoms with E-state index in [0.717, 1.165) is 38.4 Å². The fourth-order valence-corrected chi connectivity index (χ4v) is 3.48. The Labute approximate surface area is 103 Å². The molecule has 0 bridgehead atoms. The van der Waals surface area contributed by atoms with Gasteiger partial charge in [0.15, 0.2) is 0 Å². The maximum atomic E-state index is 10.9. The minimum absolute atomic E-state index is 0.0485. The van der Waals surface area contributed by atoms with Crippen molar-refractivity contribution in [1.82, 2.24) is 4.90 Å². The lowest BCUT2D eigenvalue weighted by Crippen LogP contribution is -2.57. The number of hydrogen-bond acceptors (Lipinski definition) is 4. The van der Waals surface area contributed by atoms with Crippen molar-refractivity contribution in [2.24, 2.45) is 5.41 Å². The zero-order valence-corrected chi connectivity index (χ0v) is 10.4. The lowest BCUT2D eigenvalue weighted by atomic mass is 9.67. The Morgan fingerprint density at radius 1 is 1.18 bits per heavy atom. The normalized spacial score (nSPS) is 38.5. The third-order valence-electron chi connectivity index (χ3n) is 5.08. The Morgan fingerprint density at radius 3 is 2.35 bits per heavy atom. The highest BCUT2D eigenvalue weighted by Crippen LogP contribution is 2.46. The Balaban J connectivity index is 1.68. The number of rotatable bonds is 3. The summed E-state index contributed by atoms with van der Waals surface area (Å²) in [5.74, 6) is 0. The van der Waals surface area contributed by atoms with Crippen molar-refractivity contribution in [2.45, 2.75) is 43.7 Å². The SMILES string of the molecule is OCC1(C2(O)CCN(C3CC3)CC2)CCOC1. The van der Waals surface area contributed by atoms with E-state index in [0.29, 0.717) is 13.2 Å². The molecule has 0 aromatic carbocycles. The Bertz CT molecular complexity index is 276. The van der Waals surface area contributed by atoms with Crippen molar-refractivity contribution in [3.8, 4) is 0 Å². The van der Waals surface area contributed by atoms with E-state index in [4.69, 9.17) is 4.74 Å². The van der Waals surface area contributed by atoms with Crippen LogP contribution in [0.1, 0.15) is 32.1 Å². The molecule has 98 valence electrons. The molecule has 0 aromatic heterocycles. The van der Waals surface area contributed by atoms with Gasteiger partial charge in [0.05, 0.1) is 18.8 Å². The van der Waals surface area contributed by atoms with Gasteiger partial charge in [-0.3, -0.25) is 0 Å². The molecule has 0 amide bonds. The molecule has 2 heterocycles. The molecule has 0 radical (unpaired) electrons. The van der Waals surface area contributed by atoms with Gasteiger partial charge in [0, 0.05) is 31.2 Å². The molecule has 2 aliphatic heterocycles. The van der Waals surface area contributed by atoms with Crippen LogP contribution in [0.3, 0.4) is 0 Å². The van der Waals surface area contributed by atoms with Gasteiger partial charge in [-0.05, 0) is 32.1 Å². The van der Waals surface area contributed by atoms with E-state index in [1.807, 2.05) is 0 Å². The highest BCUT2D eigenvalue weighted by molar-refractivity contribution is 5.04. The van der Waals surface area contributed by atoms with Crippen LogP contribution >= 0.6 is 0 Å². The molecule has 1 aliphatic carbocycles. The maximum absolute atomic E-state index is 10.9. The van der Waals surface area contributed by atoms with Crippen molar-refractivity contribution in [2.75, 3.05) is 32.9 Å². The molecule has 0 aromatic rings. The minimum atomic E-state index is -0.719. The summed E-state index contributed by atoms with van der Waals surface area (Å²) in [4.78, 5) is 2.50. The first-order valence-electron chi connectivity index (χ1n) is 6.84. The van der Waals surface area contributed by atoms with Crippen LogP contribution in [0.5, 0.6) is 0 Å². The largest absolute Gasteiger partial charge is 0.396 e. The molecule has 2 N–H and O–H groups in total. The van der Waals surface area contributed by atoms with Gasteiger partial charge >= 0.3 is 0 Å². The molecule has 3 fully saturated rings. The summed E-state index contributed by atoms with van der Waals surface area (Å²) < 4.78 is 5.42. The van der Waals surface area contributed by atoms with Gasteiger partial charge in [-0.1, -0.05) is 0 Å². The first-order valence-corrected chi connectivity index (χ1v) is 6.84. The first kappa shape index (κ1) is 11.9. The Morgan fingerprint density at radius 2 is 1.88 bits per heavy atom. The van der Waals surface area contributed by atoms with Gasteiger partial charge in [-0.25, -0.2) is 0 Å². The predicted octanol–water partition coefficient (Wildman–Crippen LogP) is 0.375. The number of aliphatic hydroxyl groups is 2. The van der Waals surface area contributed by atoms with E-state index in [1.54, 1.807) is 0 Å². The van der Waals surface area contributed by atoms with E-state index in [9.17, 15) is 10.2 Å². The topological polar surface area (TPSA) is 52.9 Å². The van der Waals surface area contributed by atoms with Crippen LogP contribution in [0.25, 0.3) is 0 Å². The lowest BCUT2D eigenvalue weighted by Gasteiger charge is -2.48. The smallest absolute Gasteiger partial charge is 0.0773 e. The number of nitrogens with zero attached hydrogens (tertiary/aromatic N) is 1. The summed E-state index contributed by atoms with van der Waals surface area (Å²) in [5, 5.41) is 20.5. The van der Waals surface area contributed by atoms with Crippen molar-refractivity contribution >= 4 is 0 Å². The van der Waals surface area contributed by atoms with Crippen molar-refractivity contribution in [3.63, 3.8) is 0 Å². The number of likely N-dealkylation sites (tertiary alicyclic amines) is 1. The molecular weight excluding hydrogens is 218 g/mol. The molecular formula is C13H23NO3. The van der Waals surface area contributed by atoms with E-state index in [2.05, 4.69) is 4.90 Å². The molecule has 17 heavy (non-hydrogen) atoms. The fraction of sp³-hybridized carbons (Fsp3) is 1.00. The summed E-state index contributed by atoms with van der Waals surface area (Å²) >= 11 is 0. The Hall–Kier alpha value is -0.160. The van der Waals surface area contributed by atoms with Crippen LogP contribution in [0.4, 0.5) is 0 Å². The number of aliphatic hydroxyl groups excluding tert-OH is 1. The van der Waals surface area contributed by atoms with Gasteiger partial charge in [-0.15, -0.1) is 0 Å². The first-order chi connectivity index (χ1) is 8.19. The van der Waals surface area contributed by atoms with Crippen LogP contribution in [0.15, 0.2) is 0 Å². The van der Waals surface area contributed by atoms with E-state index >= 15 is 0 Å². The number of piperidine rings is 1. The van der Waals surface area contributed by atoms with Crippen LogP contribution in [-0.2, 0) is 4.74 Å².